The van der Waals surface area contributed by atoms with Crippen LogP contribution in [0.1, 0.15) is 17.2 Å². The standard InChI is InChI=1S/C18H10FN5O3/c19-13-3-1-11(2-4-13)7-12(9-20)18-22-21-17-10-27-16-6-5-14(24(25)26)8-15(16)23(17)18/h1-8H,10H2/b12-7+. The first kappa shape index (κ1) is 16.4. The van der Waals surface area contributed by atoms with Crippen molar-refractivity contribution in [3.63, 3.8) is 0 Å². The Kier molecular flexibility index (Phi) is 3.86. The Morgan fingerprint density at radius 3 is 2.78 bits per heavy atom. The summed E-state index contributed by atoms with van der Waals surface area (Å²) in [7, 11) is 0. The van der Waals surface area contributed by atoms with E-state index in [0.29, 0.717) is 22.8 Å². The average molecular weight is 363 g/mol. The first-order chi connectivity index (χ1) is 13.1. The number of benzene rings is 2. The van der Waals surface area contributed by atoms with Crippen molar-refractivity contribution < 1.29 is 14.1 Å². The number of aromatic nitrogens is 3. The van der Waals surface area contributed by atoms with Gasteiger partial charge in [-0.25, -0.2) is 4.39 Å². The zero-order chi connectivity index (χ0) is 19.0. The number of rotatable bonds is 3. The van der Waals surface area contributed by atoms with Crippen molar-refractivity contribution in [3.05, 3.63) is 75.6 Å². The smallest absolute Gasteiger partial charge is 0.271 e. The number of non-ortho nitro benzene ring substituents is 1. The molecule has 27 heavy (non-hydrogen) atoms. The molecule has 0 aliphatic carbocycles. The fraction of sp³-hybridized carbons (Fsp3) is 0.0556. The van der Waals surface area contributed by atoms with Gasteiger partial charge in [0.1, 0.15) is 24.2 Å². The molecule has 0 atom stereocenters. The molecule has 2 aromatic carbocycles. The van der Waals surface area contributed by atoms with E-state index in [4.69, 9.17) is 4.74 Å². The summed E-state index contributed by atoms with van der Waals surface area (Å²) in [6, 6.07) is 11.9. The van der Waals surface area contributed by atoms with Crippen LogP contribution in [0.15, 0.2) is 42.5 Å². The van der Waals surface area contributed by atoms with Gasteiger partial charge in [0.2, 0.25) is 0 Å². The van der Waals surface area contributed by atoms with Gasteiger partial charge in [-0.2, -0.15) is 5.26 Å². The summed E-state index contributed by atoms with van der Waals surface area (Å²) in [5.41, 5.74) is 1.05. The van der Waals surface area contributed by atoms with Crippen molar-refractivity contribution in [1.82, 2.24) is 14.8 Å². The molecule has 3 aromatic rings. The van der Waals surface area contributed by atoms with Crippen LogP contribution in [0.2, 0.25) is 0 Å². The van der Waals surface area contributed by atoms with Crippen LogP contribution in [0.25, 0.3) is 17.3 Å². The summed E-state index contributed by atoms with van der Waals surface area (Å²) in [4.78, 5) is 10.6. The predicted octanol–water partition coefficient (Wildman–Crippen LogP) is 3.27. The van der Waals surface area contributed by atoms with Crippen LogP contribution in [0, 0.1) is 27.3 Å². The van der Waals surface area contributed by atoms with Crippen LogP contribution in [0.3, 0.4) is 0 Å². The number of fused-ring (bicyclic) bond motifs is 3. The van der Waals surface area contributed by atoms with Crippen molar-refractivity contribution in [2.45, 2.75) is 6.61 Å². The minimum atomic E-state index is -0.516. The molecular formula is C18H10FN5O3. The van der Waals surface area contributed by atoms with Crippen molar-refractivity contribution >= 4 is 17.3 Å². The van der Waals surface area contributed by atoms with Crippen molar-refractivity contribution in [2.75, 3.05) is 0 Å². The topological polar surface area (TPSA) is 107 Å². The van der Waals surface area contributed by atoms with E-state index in [9.17, 15) is 19.8 Å². The molecule has 9 heteroatoms. The van der Waals surface area contributed by atoms with Crippen molar-refractivity contribution in [1.29, 1.82) is 5.26 Å². The summed E-state index contributed by atoms with van der Waals surface area (Å²) in [5, 5.41) is 28.8. The molecule has 0 N–H and O–H groups in total. The lowest BCUT2D eigenvalue weighted by Gasteiger charge is -2.19. The van der Waals surface area contributed by atoms with E-state index in [1.165, 1.54) is 42.5 Å². The fourth-order valence-corrected chi connectivity index (χ4v) is 2.77. The van der Waals surface area contributed by atoms with Crippen LogP contribution in [0.5, 0.6) is 5.75 Å². The fourth-order valence-electron chi connectivity index (χ4n) is 2.77. The van der Waals surface area contributed by atoms with Crippen LogP contribution in [0.4, 0.5) is 10.1 Å². The third kappa shape index (κ3) is 2.89. The maximum absolute atomic E-state index is 13.1. The molecule has 4 rings (SSSR count). The van der Waals surface area contributed by atoms with Gasteiger partial charge in [0.05, 0.1) is 16.2 Å². The lowest BCUT2D eigenvalue weighted by molar-refractivity contribution is -0.384. The first-order valence-electron chi connectivity index (χ1n) is 7.80. The molecule has 1 aromatic heterocycles. The molecule has 0 saturated heterocycles. The second-order valence-electron chi connectivity index (χ2n) is 5.69. The number of nitrogens with zero attached hydrogens (tertiary/aromatic N) is 5. The summed E-state index contributed by atoms with van der Waals surface area (Å²) in [6.45, 7) is 0.118. The van der Waals surface area contributed by atoms with E-state index in [1.54, 1.807) is 10.6 Å². The van der Waals surface area contributed by atoms with E-state index >= 15 is 0 Å². The molecule has 1 aliphatic rings. The Bertz CT molecular complexity index is 1130. The minimum absolute atomic E-state index is 0.118. The van der Waals surface area contributed by atoms with Gasteiger partial charge in [-0.3, -0.25) is 14.7 Å². The molecule has 0 fully saturated rings. The quantitative estimate of drug-likeness (QED) is 0.401. The first-order valence-corrected chi connectivity index (χ1v) is 7.80. The molecule has 0 amide bonds. The highest BCUT2D eigenvalue weighted by atomic mass is 19.1. The van der Waals surface area contributed by atoms with E-state index in [2.05, 4.69) is 16.3 Å². The highest BCUT2D eigenvalue weighted by molar-refractivity contribution is 5.87. The normalized spacial score (nSPS) is 12.5. The van der Waals surface area contributed by atoms with Gasteiger partial charge in [-0.1, -0.05) is 12.1 Å². The van der Waals surface area contributed by atoms with Gasteiger partial charge in [0, 0.05) is 12.1 Å². The summed E-state index contributed by atoms with van der Waals surface area (Å²) < 4.78 is 20.2. The zero-order valence-corrected chi connectivity index (χ0v) is 13.7. The maximum Gasteiger partial charge on any atom is 0.271 e. The van der Waals surface area contributed by atoms with E-state index in [-0.39, 0.29) is 29.5 Å². The van der Waals surface area contributed by atoms with Crippen LogP contribution < -0.4 is 4.74 Å². The van der Waals surface area contributed by atoms with Gasteiger partial charge >= 0.3 is 0 Å². The third-order valence-corrected chi connectivity index (χ3v) is 4.02. The predicted molar refractivity (Wildman–Crippen MR) is 92.2 cm³/mol. The summed E-state index contributed by atoms with van der Waals surface area (Å²) in [5.74, 6) is 0.678. The number of nitriles is 1. The maximum atomic E-state index is 13.1. The van der Waals surface area contributed by atoms with Gasteiger partial charge in [0.15, 0.2) is 11.6 Å². The Balaban J connectivity index is 1.86. The van der Waals surface area contributed by atoms with Gasteiger partial charge in [-0.05, 0) is 29.8 Å². The number of allylic oxidation sites excluding steroid dienone is 1. The number of ether oxygens (including phenoxy) is 1. The lowest BCUT2D eigenvalue weighted by Crippen LogP contribution is -2.15. The number of hydrogen-bond donors (Lipinski definition) is 0. The summed E-state index contributed by atoms with van der Waals surface area (Å²) >= 11 is 0. The lowest BCUT2D eigenvalue weighted by atomic mass is 10.1. The number of hydrogen-bond acceptors (Lipinski definition) is 6. The molecule has 1 aliphatic heterocycles. The minimum Gasteiger partial charge on any atom is -0.483 e. The van der Waals surface area contributed by atoms with Gasteiger partial charge < -0.3 is 4.74 Å². The third-order valence-electron chi connectivity index (χ3n) is 4.02. The molecular weight excluding hydrogens is 353 g/mol. The van der Waals surface area contributed by atoms with Crippen molar-refractivity contribution in [2.24, 2.45) is 0 Å². The highest BCUT2D eigenvalue weighted by Crippen LogP contribution is 2.34. The van der Waals surface area contributed by atoms with E-state index in [1.807, 2.05) is 0 Å². The monoisotopic (exact) mass is 363 g/mol. The van der Waals surface area contributed by atoms with E-state index < -0.39 is 4.92 Å². The Labute approximate surface area is 151 Å². The average Bonchev–Trinajstić information content (AvgIpc) is 3.11. The van der Waals surface area contributed by atoms with E-state index in [0.717, 1.165) is 0 Å². The number of halogens is 1. The molecule has 2 heterocycles. The molecule has 0 radical (unpaired) electrons. The molecule has 0 bridgehead atoms. The molecule has 8 nitrogen and oxygen atoms in total. The molecule has 0 spiro atoms. The molecule has 132 valence electrons. The Morgan fingerprint density at radius 2 is 2.07 bits per heavy atom. The van der Waals surface area contributed by atoms with Crippen LogP contribution in [-0.2, 0) is 6.61 Å². The van der Waals surface area contributed by atoms with Gasteiger partial charge in [0.25, 0.3) is 5.69 Å². The zero-order valence-electron chi connectivity index (χ0n) is 13.7. The number of nitro benzene ring substituents is 1. The van der Waals surface area contributed by atoms with Crippen molar-refractivity contribution in [3.8, 4) is 17.5 Å². The van der Waals surface area contributed by atoms with Crippen LogP contribution in [-0.4, -0.2) is 19.7 Å². The largest absolute Gasteiger partial charge is 0.483 e. The molecule has 0 saturated carbocycles. The van der Waals surface area contributed by atoms with Gasteiger partial charge in [-0.15, -0.1) is 10.2 Å². The second kappa shape index (κ2) is 6.34. The number of nitro groups is 1. The highest BCUT2D eigenvalue weighted by Gasteiger charge is 2.26. The summed E-state index contributed by atoms with van der Waals surface area (Å²) in [6.07, 6.45) is 1.54. The Morgan fingerprint density at radius 1 is 1.30 bits per heavy atom. The SMILES string of the molecule is N#C/C(=C\c1ccc(F)cc1)c1nnc2n1-c1cc([N+](=O)[O-])ccc1OC2. The Hall–Kier alpha value is -4.06. The second-order valence-corrected chi connectivity index (χ2v) is 5.69. The van der Waals surface area contributed by atoms with Crippen LogP contribution >= 0.6 is 0 Å². The molecule has 0 unspecified atom stereocenters.